The number of rotatable bonds is 6. The molecule has 0 bridgehead atoms. The first-order chi connectivity index (χ1) is 15.2. The molecule has 7 heteroatoms. The zero-order chi connectivity index (χ0) is 21.2. The van der Waals surface area contributed by atoms with E-state index in [4.69, 9.17) is 26.8 Å². The molecule has 2 aliphatic heterocycles. The van der Waals surface area contributed by atoms with Crippen LogP contribution in [0, 0.1) is 4.77 Å². The first-order valence-corrected chi connectivity index (χ1v) is 11.3. The monoisotopic (exact) mass is 436 g/mol. The second-order valence-electron chi connectivity index (χ2n) is 8.29. The maximum absolute atomic E-state index is 5.90. The van der Waals surface area contributed by atoms with Crippen LogP contribution in [0.4, 0.5) is 0 Å². The van der Waals surface area contributed by atoms with Gasteiger partial charge in [0.1, 0.15) is 5.75 Å². The molecule has 3 aromatic rings. The van der Waals surface area contributed by atoms with Gasteiger partial charge in [0.2, 0.25) is 0 Å². The molecular formula is C24H28N4O2S. The van der Waals surface area contributed by atoms with Crippen molar-refractivity contribution in [2.24, 2.45) is 0 Å². The summed E-state index contributed by atoms with van der Waals surface area (Å²) in [6, 6.07) is 16.7. The summed E-state index contributed by atoms with van der Waals surface area (Å²) >= 11 is 5.90. The zero-order valence-corrected chi connectivity index (χ0v) is 18.7. The fourth-order valence-corrected chi connectivity index (χ4v) is 4.77. The van der Waals surface area contributed by atoms with Gasteiger partial charge in [0.15, 0.2) is 10.6 Å². The van der Waals surface area contributed by atoms with E-state index in [1.165, 1.54) is 11.1 Å². The van der Waals surface area contributed by atoms with Gasteiger partial charge in [-0.25, -0.2) is 4.68 Å². The topological polar surface area (TPSA) is 44.5 Å². The number of hydrogen-bond acceptors (Lipinski definition) is 5. The number of benzene rings is 2. The van der Waals surface area contributed by atoms with E-state index < -0.39 is 0 Å². The van der Waals surface area contributed by atoms with E-state index in [9.17, 15) is 0 Å². The molecule has 0 radical (unpaired) electrons. The van der Waals surface area contributed by atoms with Crippen molar-refractivity contribution >= 4 is 12.2 Å². The van der Waals surface area contributed by atoms with E-state index in [-0.39, 0.29) is 6.10 Å². The highest BCUT2D eigenvalue weighted by molar-refractivity contribution is 7.71. The minimum Gasteiger partial charge on any atom is -0.497 e. The van der Waals surface area contributed by atoms with E-state index >= 15 is 0 Å². The second-order valence-corrected chi connectivity index (χ2v) is 8.66. The average Bonchev–Trinajstić information content (AvgIpc) is 3.43. The lowest BCUT2D eigenvalue weighted by Crippen LogP contribution is -2.32. The summed E-state index contributed by atoms with van der Waals surface area (Å²) in [6.45, 7) is 4.19. The Morgan fingerprint density at radius 2 is 1.94 bits per heavy atom. The maximum atomic E-state index is 5.90. The quantitative estimate of drug-likeness (QED) is 0.540. The van der Waals surface area contributed by atoms with Crippen LogP contribution in [0.3, 0.4) is 0 Å². The summed E-state index contributed by atoms with van der Waals surface area (Å²) in [5.74, 6) is 1.72. The molecule has 0 spiro atoms. The molecule has 6 nitrogen and oxygen atoms in total. The largest absolute Gasteiger partial charge is 0.497 e. The summed E-state index contributed by atoms with van der Waals surface area (Å²) in [5.41, 5.74) is 3.88. The molecular weight excluding hydrogens is 408 g/mol. The van der Waals surface area contributed by atoms with Crippen LogP contribution in [0.5, 0.6) is 5.75 Å². The van der Waals surface area contributed by atoms with Crippen LogP contribution in [0.15, 0.2) is 48.5 Å². The molecule has 1 saturated heterocycles. The molecule has 1 fully saturated rings. The van der Waals surface area contributed by atoms with Gasteiger partial charge >= 0.3 is 0 Å². The van der Waals surface area contributed by atoms with Crippen molar-refractivity contribution in [3.63, 3.8) is 0 Å². The van der Waals surface area contributed by atoms with Gasteiger partial charge in [0.25, 0.3) is 0 Å². The molecule has 0 N–H and O–H groups in total. The SMILES string of the molecule is COc1ccc(-c2nn(CN3CCc4ccccc4C3)c(=S)n2C[C@@H]2CCCO2)cc1. The molecule has 0 unspecified atom stereocenters. The van der Waals surface area contributed by atoms with E-state index in [0.29, 0.717) is 6.67 Å². The van der Waals surface area contributed by atoms with Gasteiger partial charge in [0, 0.05) is 25.3 Å². The standard InChI is InChI=1S/C24H28N4O2S/c1-29-21-10-8-19(9-11-21)23-25-28(24(31)27(23)16-22-7-4-14-30-22)17-26-13-12-18-5-2-3-6-20(18)15-26/h2-3,5-6,8-11,22H,4,7,12-17H2,1H3/t22-/m0/s1. The van der Waals surface area contributed by atoms with Crippen molar-refractivity contribution in [1.82, 2.24) is 19.2 Å². The molecule has 31 heavy (non-hydrogen) atoms. The van der Waals surface area contributed by atoms with Crippen LogP contribution in [-0.2, 0) is 30.9 Å². The van der Waals surface area contributed by atoms with E-state index in [2.05, 4.69) is 33.7 Å². The first kappa shape index (κ1) is 20.4. The lowest BCUT2D eigenvalue weighted by atomic mass is 10.0. The molecule has 3 heterocycles. The molecule has 1 aromatic heterocycles. The van der Waals surface area contributed by atoms with Gasteiger partial charge in [-0.3, -0.25) is 9.47 Å². The van der Waals surface area contributed by atoms with E-state index in [1.807, 2.05) is 28.9 Å². The molecule has 2 aromatic carbocycles. The fraction of sp³-hybridized carbons (Fsp3) is 0.417. The van der Waals surface area contributed by atoms with Crippen molar-refractivity contribution in [2.75, 3.05) is 20.3 Å². The fourth-order valence-electron chi connectivity index (χ4n) is 4.51. The number of fused-ring (bicyclic) bond motifs is 1. The normalized spacial score (nSPS) is 18.8. The van der Waals surface area contributed by atoms with Crippen LogP contribution >= 0.6 is 12.2 Å². The zero-order valence-electron chi connectivity index (χ0n) is 17.9. The number of ether oxygens (including phenoxy) is 2. The van der Waals surface area contributed by atoms with Crippen molar-refractivity contribution in [1.29, 1.82) is 0 Å². The Morgan fingerprint density at radius 1 is 1.13 bits per heavy atom. The number of aromatic nitrogens is 3. The van der Waals surface area contributed by atoms with Crippen LogP contribution in [0.25, 0.3) is 11.4 Å². The lowest BCUT2D eigenvalue weighted by Gasteiger charge is -2.28. The van der Waals surface area contributed by atoms with Crippen molar-refractivity contribution in [2.45, 2.75) is 45.1 Å². The molecule has 0 saturated carbocycles. The van der Waals surface area contributed by atoms with Gasteiger partial charge in [-0.15, -0.1) is 0 Å². The van der Waals surface area contributed by atoms with Gasteiger partial charge in [-0.1, -0.05) is 24.3 Å². The number of nitrogens with zero attached hydrogens (tertiary/aromatic N) is 4. The van der Waals surface area contributed by atoms with Gasteiger partial charge < -0.3 is 9.47 Å². The average molecular weight is 437 g/mol. The Labute approximate surface area is 188 Å². The summed E-state index contributed by atoms with van der Waals surface area (Å²) in [5, 5.41) is 4.97. The third kappa shape index (κ3) is 4.31. The van der Waals surface area contributed by atoms with Crippen molar-refractivity contribution in [3.05, 3.63) is 64.4 Å². The predicted molar refractivity (Wildman–Crippen MR) is 123 cm³/mol. The third-order valence-corrected chi connectivity index (χ3v) is 6.66. The molecule has 2 aliphatic rings. The Balaban J connectivity index is 1.44. The third-order valence-electron chi connectivity index (χ3n) is 6.22. The maximum Gasteiger partial charge on any atom is 0.199 e. The number of methoxy groups -OCH3 is 1. The molecule has 162 valence electrons. The minimum absolute atomic E-state index is 0.197. The van der Waals surface area contributed by atoms with Crippen LogP contribution < -0.4 is 4.74 Å². The molecule has 5 rings (SSSR count). The second kappa shape index (κ2) is 8.94. The molecule has 0 amide bonds. The predicted octanol–water partition coefficient (Wildman–Crippen LogP) is 4.28. The molecule has 0 aliphatic carbocycles. The van der Waals surface area contributed by atoms with Gasteiger partial charge in [-0.05, 0) is 66.9 Å². The van der Waals surface area contributed by atoms with Crippen LogP contribution in [0.1, 0.15) is 24.0 Å². The highest BCUT2D eigenvalue weighted by Gasteiger charge is 2.22. The molecule has 1 atom stereocenters. The minimum atomic E-state index is 0.197. The van der Waals surface area contributed by atoms with Crippen LogP contribution in [-0.4, -0.2) is 45.6 Å². The Morgan fingerprint density at radius 3 is 2.68 bits per heavy atom. The Bertz CT molecular complexity index is 1100. The van der Waals surface area contributed by atoms with Crippen LogP contribution in [0.2, 0.25) is 0 Å². The lowest BCUT2D eigenvalue weighted by molar-refractivity contribution is 0.0966. The summed E-state index contributed by atoms with van der Waals surface area (Å²) in [6.07, 6.45) is 3.43. The van der Waals surface area contributed by atoms with Crippen molar-refractivity contribution in [3.8, 4) is 17.1 Å². The summed E-state index contributed by atoms with van der Waals surface area (Å²) in [7, 11) is 1.68. The van der Waals surface area contributed by atoms with Crippen molar-refractivity contribution < 1.29 is 9.47 Å². The van der Waals surface area contributed by atoms with Gasteiger partial charge in [-0.2, -0.15) is 5.10 Å². The van der Waals surface area contributed by atoms with E-state index in [1.54, 1.807) is 7.11 Å². The first-order valence-electron chi connectivity index (χ1n) is 10.9. The Hall–Kier alpha value is -2.48. The number of hydrogen-bond donors (Lipinski definition) is 0. The summed E-state index contributed by atoms with van der Waals surface area (Å²) < 4.78 is 16.1. The highest BCUT2D eigenvalue weighted by atomic mass is 32.1. The summed E-state index contributed by atoms with van der Waals surface area (Å²) in [4.78, 5) is 2.42. The Kier molecular flexibility index (Phi) is 5.89. The highest BCUT2D eigenvalue weighted by Crippen LogP contribution is 2.25. The smallest absolute Gasteiger partial charge is 0.199 e. The van der Waals surface area contributed by atoms with Gasteiger partial charge in [0.05, 0.1) is 26.4 Å². The van der Waals surface area contributed by atoms with E-state index in [0.717, 1.165) is 67.4 Å².